The normalized spacial score (nSPS) is 10.8. The van der Waals surface area contributed by atoms with Crippen LogP contribution in [0, 0.1) is 0 Å². The van der Waals surface area contributed by atoms with Crippen LogP contribution in [0.15, 0.2) is 67.1 Å². The second kappa shape index (κ2) is 9.65. The van der Waals surface area contributed by atoms with E-state index in [-0.39, 0.29) is 5.60 Å². The SMILES string of the molecule is CC(C)(C)OC=O.c1ccc(CNc2cnc3cc(-c4cn[nH]c4)ccc3n2)cc1. The average Bonchev–Trinajstić information content (AvgIpc) is 3.27. The van der Waals surface area contributed by atoms with Crippen LogP contribution in [0.3, 0.4) is 0 Å². The van der Waals surface area contributed by atoms with Gasteiger partial charge >= 0.3 is 0 Å². The molecule has 0 bridgehead atoms. The number of nitrogens with zero attached hydrogens (tertiary/aromatic N) is 3. The number of aromatic amines is 1. The molecule has 7 heteroatoms. The van der Waals surface area contributed by atoms with E-state index < -0.39 is 0 Å². The molecule has 154 valence electrons. The van der Waals surface area contributed by atoms with Crippen molar-refractivity contribution in [3.63, 3.8) is 0 Å². The van der Waals surface area contributed by atoms with E-state index in [1.54, 1.807) is 12.4 Å². The molecule has 2 N–H and O–H groups in total. The van der Waals surface area contributed by atoms with Gasteiger partial charge in [-0.25, -0.2) is 4.98 Å². The Morgan fingerprint density at radius 2 is 1.83 bits per heavy atom. The van der Waals surface area contributed by atoms with Gasteiger partial charge in [0.1, 0.15) is 11.4 Å². The molecule has 0 atom stereocenters. The molecule has 4 rings (SSSR count). The van der Waals surface area contributed by atoms with E-state index in [1.165, 1.54) is 5.56 Å². The minimum absolute atomic E-state index is 0.318. The largest absolute Gasteiger partial charge is 0.462 e. The molecule has 0 amide bonds. The molecule has 0 saturated heterocycles. The Labute approximate surface area is 175 Å². The number of fused-ring (bicyclic) bond motifs is 1. The van der Waals surface area contributed by atoms with Gasteiger partial charge in [-0.15, -0.1) is 0 Å². The number of nitrogens with one attached hydrogen (secondary N) is 2. The maximum absolute atomic E-state index is 9.60. The summed E-state index contributed by atoms with van der Waals surface area (Å²) in [6.07, 6.45) is 5.43. The summed E-state index contributed by atoms with van der Waals surface area (Å²) in [7, 11) is 0. The predicted molar refractivity (Wildman–Crippen MR) is 118 cm³/mol. The Balaban J connectivity index is 0.000000318. The summed E-state index contributed by atoms with van der Waals surface area (Å²) in [4.78, 5) is 18.7. The van der Waals surface area contributed by atoms with Gasteiger partial charge in [0, 0.05) is 18.3 Å². The zero-order valence-corrected chi connectivity index (χ0v) is 17.3. The van der Waals surface area contributed by atoms with Crippen molar-refractivity contribution < 1.29 is 9.53 Å². The lowest BCUT2D eigenvalue weighted by molar-refractivity contribution is -0.138. The van der Waals surface area contributed by atoms with E-state index >= 15 is 0 Å². The van der Waals surface area contributed by atoms with Gasteiger partial charge in [-0.3, -0.25) is 14.9 Å². The second-order valence-electron chi connectivity index (χ2n) is 7.61. The lowest BCUT2D eigenvalue weighted by atomic mass is 10.1. The van der Waals surface area contributed by atoms with Gasteiger partial charge in [-0.05, 0) is 44.0 Å². The van der Waals surface area contributed by atoms with Gasteiger partial charge in [0.15, 0.2) is 0 Å². The first-order valence-corrected chi connectivity index (χ1v) is 9.60. The van der Waals surface area contributed by atoms with Crippen molar-refractivity contribution in [3.8, 4) is 11.1 Å². The van der Waals surface area contributed by atoms with Crippen molar-refractivity contribution in [2.75, 3.05) is 5.32 Å². The van der Waals surface area contributed by atoms with Crippen molar-refractivity contribution in [1.82, 2.24) is 20.2 Å². The first-order chi connectivity index (χ1) is 14.4. The second-order valence-corrected chi connectivity index (χ2v) is 7.61. The number of carbonyl (C=O) groups is 1. The van der Waals surface area contributed by atoms with Gasteiger partial charge < -0.3 is 10.1 Å². The summed E-state index contributed by atoms with van der Waals surface area (Å²) in [5.41, 5.74) is 4.75. The fourth-order valence-corrected chi connectivity index (χ4v) is 2.62. The highest BCUT2D eigenvalue weighted by Crippen LogP contribution is 2.22. The zero-order valence-electron chi connectivity index (χ0n) is 17.3. The summed E-state index contributed by atoms with van der Waals surface area (Å²) >= 11 is 0. The Bertz CT molecular complexity index is 1070. The molecule has 0 saturated carbocycles. The topological polar surface area (TPSA) is 92.8 Å². The average molecular weight is 403 g/mol. The van der Waals surface area contributed by atoms with Crippen LogP contribution >= 0.6 is 0 Å². The Morgan fingerprint density at radius 3 is 2.47 bits per heavy atom. The Kier molecular flexibility index (Phi) is 6.75. The number of anilines is 1. The quantitative estimate of drug-likeness (QED) is 0.474. The molecule has 2 aromatic heterocycles. The van der Waals surface area contributed by atoms with Gasteiger partial charge in [0.05, 0.1) is 23.4 Å². The van der Waals surface area contributed by atoms with Gasteiger partial charge in [0.2, 0.25) is 0 Å². The van der Waals surface area contributed by atoms with Gasteiger partial charge in [-0.1, -0.05) is 36.4 Å². The molecular formula is C23H25N5O2. The van der Waals surface area contributed by atoms with E-state index in [0.717, 1.165) is 34.5 Å². The maximum Gasteiger partial charge on any atom is 0.293 e. The number of H-pyrrole nitrogens is 1. The highest BCUT2D eigenvalue weighted by molar-refractivity contribution is 5.81. The number of benzene rings is 2. The lowest BCUT2D eigenvalue weighted by Crippen LogP contribution is -2.17. The number of aromatic nitrogens is 4. The molecule has 0 radical (unpaired) electrons. The Morgan fingerprint density at radius 1 is 1.03 bits per heavy atom. The standard InChI is InChI=1S/C18H15N5.C5H10O2/c1-2-4-13(5-3-1)9-20-18-12-19-17-8-14(6-7-16(17)23-18)15-10-21-22-11-15;1-5(2,3)7-4-6/h1-8,10-12H,9H2,(H,20,23)(H,21,22);4H,1-3H3. The summed E-state index contributed by atoms with van der Waals surface area (Å²) in [5.74, 6) is 0.775. The van der Waals surface area contributed by atoms with E-state index in [1.807, 2.05) is 63.4 Å². The van der Waals surface area contributed by atoms with Crippen molar-refractivity contribution in [2.24, 2.45) is 0 Å². The van der Waals surface area contributed by atoms with E-state index in [4.69, 9.17) is 0 Å². The summed E-state index contributed by atoms with van der Waals surface area (Å²) in [6.45, 7) is 6.65. The molecule has 0 aliphatic rings. The highest BCUT2D eigenvalue weighted by Gasteiger charge is 2.07. The summed E-state index contributed by atoms with van der Waals surface area (Å²) < 4.78 is 4.55. The minimum atomic E-state index is -0.318. The molecule has 2 aromatic carbocycles. The zero-order chi connectivity index (χ0) is 21.4. The molecule has 4 aromatic rings. The smallest absolute Gasteiger partial charge is 0.293 e. The van der Waals surface area contributed by atoms with Crippen LogP contribution in [-0.4, -0.2) is 32.2 Å². The van der Waals surface area contributed by atoms with E-state index in [0.29, 0.717) is 6.47 Å². The molecule has 2 heterocycles. The maximum atomic E-state index is 9.60. The van der Waals surface area contributed by atoms with Gasteiger partial charge in [0.25, 0.3) is 6.47 Å². The molecule has 0 unspecified atom stereocenters. The van der Waals surface area contributed by atoms with E-state index in [9.17, 15) is 4.79 Å². The van der Waals surface area contributed by atoms with Crippen LogP contribution in [0.4, 0.5) is 5.82 Å². The number of rotatable bonds is 5. The first-order valence-electron chi connectivity index (χ1n) is 9.60. The molecule has 30 heavy (non-hydrogen) atoms. The number of hydrogen-bond donors (Lipinski definition) is 2. The number of hydrogen-bond acceptors (Lipinski definition) is 6. The van der Waals surface area contributed by atoms with Crippen molar-refractivity contribution in [2.45, 2.75) is 32.9 Å². The fourth-order valence-electron chi connectivity index (χ4n) is 2.62. The minimum Gasteiger partial charge on any atom is -0.462 e. The summed E-state index contributed by atoms with van der Waals surface area (Å²) in [5, 5.41) is 10.1. The third-order valence-electron chi connectivity index (χ3n) is 4.09. The van der Waals surface area contributed by atoms with Crippen LogP contribution in [0.25, 0.3) is 22.2 Å². The third kappa shape index (κ3) is 6.13. The third-order valence-corrected chi connectivity index (χ3v) is 4.09. The van der Waals surface area contributed by atoms with Crippen LogP contribution in [0.1, 0.15) is 26.3 Å². The summed E-state index contributed by atoms with van der Waals surface area (Å²) in [6, 6.07) is 16.3. The fraction of sp³-hybridized carbons (Fsp3) is 0.217. The van der Waals surface area contributed by atoms with Gasteiger partial charge in [-0.2, -0.15) is 5.10 Å². The van der Waals surface area contributed by atoms with Crippen LogP contribution in [0.5, 0.6) is 0 Å². The highest BCUT2D eigenvalue weighted by atomic mass is 16.5. The van der Waals surface area contributed by atoms with E-state index in [2.05, 4.69) is 42.4 Å². The molecule has 7 nitrogen and oxygen atoms in total. The number of carbonyl (C=O) groups excluding carboxylic acids is 1. The van der Waals surface area contributed by atoms with Crippen molar-refractivity contribution in [1.29, 1.82) is 0 Å². The lowest BCUT2D eigenvalue weighted by Gasteiger charge is -2.14. The molecule has 0 spiro atoms. The Hall–Kier alpha value is -3.74. The molecule has 0 aliphatic carbocycles. The molecule has 0 fully saturated rings. The molecular weight excluding hydrogens is 378 g/mol. The van der Waals surface area contributed by atoms with Crippen molar-refractivity contribution in [3.05, 3.63) is 72.7 Å². The number of ether oxygens (including phenoxy) is 1. The van der Waals surface area contributed by atoms with Crippen LogP contribution in [0.2, 0.25) is 0 Å². The van der Waals surface area contributed by atoms with Crippen LogP contribution < -0.4 is 5.32 Å². The van der Waals surface area contributed by atoms with Crippen LogP contribution in [-0.2, 0) is 16.1 Å². The van der Waals surface area contributed by atoms with Crippen molar-refractivity contribution >= 4 is 23.3 Å². The predicted octanol–water partition coefficient (Wildman–Crippen LogP) is 4.59. The first kappa shape index (κ1) is 21.0. The molecule has 0 aliphatic heterocycles. The monoisotopic (exact) mass is 403 g/mol.